The first-order valence-corrected chi connectivity index (χ1v) is 8.92. The van der Waals surface area contributed by atoms with Crippen molar-refractivity contribution in [3.63, 3.8) is 0 Å². The molecule has 0 aliphatic carbocycles. The van der Waals surface area contributed by atoms with Gasteiger partial charge in [-0.15, -0.1) is 11.8 Å². The fraction of sp³-hybridized carbons (Fsp3) is 0.500. The highest BCUT2D eigenvalue weighted by molar-refractivity contribution is 7.99. The number of nitrogens with zero attached hydrogens (tertiary/aromatic N) is 1. The minimum absolute atomic E-state index is 0.138. The fourth-order valence-electron chi connectivity index (χ4n) is 2.90. The number of hydrogen-bond donors (Lipinski definition) is 2. The first-order chi connectivity index (χ1) is 11.1. The van der Waals surface area contributed by atoms with Crippen LogP contribution in [0.25, 0.3) is 0 Å². The second-order valence-corrected chi connectivity index (χ2v) is 6.99. The Bertz CT molecular complexity index is 575. The third kappa shape index (κ3) is 4.03. The monoisotopic (exact) mass is 337 g/mol. The summed E-state index contributed by atoms with van der Waals surface area (Å²) >= 11 is 1.78. The molecule has 2 fully saturated rings. The molecule has 2 aliphatic heterocycles. The molecular weight excluding hydrogens is 317 g/mol. The van der Waals surface area contributed by atoms with Gasteiger partial charge in [0.2, 0.25) is 5.91 Å². The van der Waals surface area contributed by atoms with Crippen molar-refractivity contribution in [2.75, 3.05) is 31.3 Å². The molecule has 1 aromatic rings. The molecule has 2 amide bonds. The van der Waals surface area contributed by atoms with Gasteiger partial charge in [-0.2, -0.15) is 0 Å². The Morgan fingerprint density at radius 3 is 2.83 bits per heavy atom. The van der Waals surface area contributed by atoms with Crippen LogP contribution in [0.2, 0.25) is 0 Å². The quantitative estimate of drug-likeness (QED) is 0.863. The molecule has 3 rings (SSSR count). The highest BCUT2D eigenvalue weighted by Crippen LogP contribution is 2.20. The topological polar surface area (TPSA) is 61.4 Å². The molecule has 0 unspecified atom stereocenters. The normalized spacial score (nSPS) is 24.0. The second-order valence-electron chi connectivity index (χ2n) is 5.92. The number of benzene rings is 1. The lowest BCUT2D eigenvalue weighted by atomic mass is 10.0. The van der Waals surface area contributed by atoms with Gasteiger partial charge in [0, 0.05) is 31.0 Å². The van der Waals surface area contributed by atoms with E-state index in [0.717, 1.165) is 31.1 Å². The van der Waals surface area contributed by atoms with E-state index in [1.54, 1.807) is 11.8 Å². The maximum absolute atomic E-state index is 12.9. The standard InChI is InChI=1S/C16H20FN3O2S/c17-13-3-1-12(2-4-13)15(21)19-9-11-7-14(18-8-11)16(22)20-5-6-23-10-20/h1-4,11,14,18H,5-10H2,(H,19,21)/t11-,14-/m0/s1. The molecule has 5 nitrogen and oxygen atoms in total. The zero-order valence-electron chi connectivity index (χ0n) is 12.8. The molecule has 2 aliphatic rings. The van der Waals surface area contributed by atoms with Gasteiger partial charge in [0.15, 0.2) is 0 Å². The smallest absolute Gasteiger partial charge is 0.251 e. The molecule has 2 atom stereocenters. The number of rotatable bonds is 4. The fourth-order valence-corrected chi connectivity index (χ4v) is 3.86. The Kier molecular flexibility index (Phi) is 5.17. The summed E-state index contributed by atoms with van der Waals surface area (Å²) in [5, 5.41) is 6.11. The van der Waals surface area contributed by atoms with Gasteiger partial charge in [-0.1, -0.05) is 0 Å². The Labute approximate surface area is 139 Å². The van der Waals surface area contributed by atoms with Gasteiger partial charge < -0.3 is 15.5 Å². The molecule has 0 radical (unpaired) electrons. The summed E-state index contributed by atoms with van der Waals surface area (Å²) in [7, 11) is 0. The highest BCUT2D eigenvalue weighted by Gasteiger charge is 2.33. The number of hydrogen-bond acceptors (Lipinski definition) is 4. The van der Waals surface area contributed by atoms with Gasteiger partial charge in [0.1, 0.15) is 5.82 Å². The highest BCUT2D eigenvalue weighted by atomic mass is 32.2. The minimum Gasteiger partial charge on any atom is -0.352 e. The lowest BCUT2D eigenvalue weighted by Crippen LogP contribution is -2.42. The first kappa shape index (κ1) is 16.3. The zero-order chi connectivity index (χ0) is 16.2. The predicted molar refractivity (Wildman–Crippen MR) is 87.7 cm³/mol. The van der Waals surface area contributed by atoms with Gasteiger partial charge >= 0.3 is 0 Å². The molecule has 2 N–H and O–H groups in total. The summed E-state index contributed by atoms with van der Waals surface area (Å²) in [6.45, 7) is 2.07. The number of thioether (sulfide) groups is 1. The maximum atomic E-state index is 12.9. The number of nitrogens with one attached hydrogen (secondary N) is 2. The van der Waals surface area contributed by atoms with Gasteiger partial charge in [-0.3, -0.25) is 9.59 Å². The van der Waals surface area contributed by atoms with Gasteiger partial charge in [0.25, 0.3) is 5.91 Å². The molecule has 2 heterocycles. The zero-order valence-corrected chi connectivity index (χ0v) is 13.6. The van der Waals surface area contributed by atoms with Crippen LogP contribution in [-0.4, -0.2) is 54.0 Å². The third-order valence-electron chi connectivity index (χ3n) is 4.24. The Morgan fingerprint density at radius 2 is 2.13 bits per heavy atom. The van der Waals surface area contributed by atoms with E-state index in [9.17, 15) is 14.0 Å². The Balaban J connectivity index is 1.45. The number of amides is 2. The lowest BCUT2D eigenvalue weighted by Gasteiger charge is -2.19. The van der Waals surface area contributed by atoms with E-state index in [-0.39, 0.29) is 29.6 Å². The molecule has 23 heavy (non-hydrogen) atoms. The maximum Gasteiger partial charge on any atom is 0.251 e. The molecule has 2 saturated heterocycles. The summed E-state index contributed by atoms with van der Waals surface area (Å²) in [4.78, 5) is 26.2. The van der Waals surface area contributed by atoms with Crippen molar-refractivity contribution < 1.29 is 14.0 Å². The molecule has 124 valence electrons. The van der Waals surface area contributed by atoms with Crippen LogP contribution in [0.4, 0.5) is 4.39 Å². The molecule has 0 aromatic heterocycles. The second kappa shape index (κ2) is 7.31. The summed E-state index contributed by atoms with van der Waals surface area (Å²) < 4.78 is 12.9. The van der Waals surface area contributed by atoms with E-state index in [4.69, 9.17) is 0 Å². The number of carbonyl (C=O) groups excluding carboxylic acids is 2. The summed E-state index contributed by atoms with van der Waals surface area (Å²) in [6, 6.07) is 5.34. The third-order valence-corrected chi connectivity index (χ3v) is 5.21. The van der Waals surface area contributed by atoms with Crippen LogP contribution >= 0.6 is 11.8 Å². The van der Waals surface area contributed by atoms with Gasteiger partial charge in [0.05, 0.1) is 11.9 Å². The molecule has 0 spiro atoms. The van der Waals surface area contributed by atoms with Crippen LogP contribution in [0.15, 0.2) is 24.3 Å². The van der Waals surface area contributed by atoms with Crippen molar-refractivity contribution in [3.8, 4) is 0 Å². The van der Waals surface area contributed by atoms with Crippen LogP contribution in [0, 0.1) is 11.7 Å². The minimum atomic E-state index is -0.358. The SMILES string of the molecule is O=C(NC[C@@H]1CN[C@H](C(=O)N2CCSC2)C1)c1ccc(F)cc1. The van der Waals surface area contributed by atoms with Crippen molar-refractivity contribution in [1.29, 1.82) is 0 Å². The van der Waals surface area contributed by atoms with Crippen LogP contribution in [0.3, 0.4) is 0 Å². The van der Waals surface area contributed by atoms with Gasteiger partial charge in [-0.05, 0) is 36.6 Å². The van der Waals surface area contributed by atoms with Gasteiger partial charge in [-0.25, -0.2) is 4.39 Å². The van der Waals surface area contributed by atoms with Crippen LogP contribution in [-0.2, 0) is 4.79 Å². The van der Waals surface area contributed by atoms with Crippen LogP contribution in [0.1, 0.15) is 16.8 Å². The predicted octanol–water partition coefficient (Wildman–Crippen LogP) is 1.07. The number of carbonyl (C=O) groups is 2. The molecule has 0 saturated carbocycles. The van der Waals surface area contributed by atoms with Crippen LogP contribution in [0.5, 0.6) is 0 Å². The van der Waals surface area contributed by atoms with Crippen molar-refractivity contribution in [2.24, 2.45) is 5.92 Å². The Morgan fingerprint density at radius 1 is 1.35 bits per heavy atom. The first-order valence-electron chi connectivity index (χ1n) is 7.77. The number of halogens is 1. The molecule has 1 aromatic carbocycles. The summed E-state index contributed by atoms with van der Waals surface area (Å²) in [5.74, 6) is 1.63. The van der Waals surface area contributed by atoms with E-state index in [1.165, 1.54) is 24.3 Å². The van der Waals surface area contributed by atoms with Crippen molar-refractivity contribution >= 4 is 23.6 Å². The summed E-state index contributed by atoms with van der Waals surface area (Å²) in [5.41, 5.74) is 0.444. The molecular formula is C16H20FN3O2S. The Hall–Kier alpha value is -1.60. The van der Waals surface area contributed by atoms with E-state index >= 15 is 0 Å². The van der Waals surface area contributed by atoms with Crippen molar-refractivity contribution in [2.45, 2.75) is 12.5 Å². The van der Waals surface area contributed by atoms with E-state index in [1.807, 2.05) is 4.90 Å². The van der Waals surface area contributed by atoms with E-state index < -0.39 is 0 Å². The van der Waals surface area contributed by atoms with Crippen LogP contribution < -0.4 is 10.6 Å². The molecule has 0 bridgehead atoms. The lowest BCUT2D eigenvalue weighted by molar-refractivity contribution is -0.131. The average Bonchev–Trinajstić information content (AvgIpc) is 3.24. The summed E-state index contributed by atoms with van der Waals surface area (Å²) in [6.07, 6.45) is 0.740. The van der Waals surface area contributed by atoms with E-state index in [0.29, 0.717) is 12.1 Å². The molecule has 7 heteroatoms. The largest absolute Gasteiger partial charge is 0.352 e. The van der Waals surface area contributed by atoms with E-state index in [2.05, 4.69) is 10.6 Å². The average molecular weight is 337 g/mol. The van der Waals surface area contributed by atoms with Crippen molar-refractivity contribution in [1.82, 2.24) is 15.5 Å². The van der Waals surface area contributed by atoms with Crippen molar-refractivity contribution in [3.05, 3.63) is 35.6 Å².